The summed E-state index contributed by atoms with van der Waals surface area (Å²) in [5, 5.41) is 3.12. The molecule has 0 aliphatic carbocycles. The second-order valence-corrected chi connectivity index (χ2v) is 3.02. The Labute approximate surface area is 72.5 Å². The number of ether oxygens (including phenoxy) is 1. The van der Waals surface area contributed by atoms with Crippen molar-refractivity contribution >= 4 is 5.97 Å². The van der Waals surface area contributed by atoms with Crippen molar-refractivity contribution in [3.8, 4) is 0 Å². The molecule has 1 heterocycles. The molecule has 0 aromatic heterocycles. The first-order chi connectivity index (χ1) is 5.75. The van der Waals surface area contributed by atoms with E-state index in [2.05, 4.69) is 5.32 Å². The van der Waals surface area contributed by atoms with Crippen LogP contribution in [-0.2, 0) is 9.53 Å². The summed E-state index contributed by atoms with van der Waals surface area (Å²) >= 11 is 0. The van der Waals surface area contributed by atoms with Gasteiger partial charge in [0.25, 0.3) is 0 Å². The average molecular weight is 172 g/mol. The molecule has 0 bridgehead atoms. The Morgan fingerprint density at radius 1 is 1.75 bits per heavy atom. The van der Waals surface area contributed by atoms with Crippen LogP contribution in [0.3, 0.4) is 0 Å². The van der Waals surface area contributed by atoms with E-state index in [0.29, 0.717) is 13.2 Å². The van der Waals surface area contributed by atoms with Crippen LogP contribution in [0.2, 0.25) is 0 Å². The maximum Gasteiger partial charge on any atom is 0.311 e. The lowest BCUT2D eigenvalue weighted by molar-refractivity contribution is -0.149. The minimum Gasteiger partial charge on any atom is -0.466 e. The lowest BCUT2D eigenvalue weighted by Crippen LogP contribution is -2.48. The van der Waals surface area contributed by atoms with Gasteiger partial charge in [0.05, 0.1) is 12.5 Å². The van der Waals surface area contributed by atoms with Crippen molar-refractivity contribution in [2.75, 3.05) is 19.7 Å². The van der Waals surface area contributed by atoms with Gasteiger partial charge in [-0.3, -0.25) is 4.79 Å². The third kappa shape index (κ3) is 2.19. The van der Waals surface area contributed by atoms with E-state index >= 15 is 0 Å². The fraction of sp³-hybridized carbons (Fsp3) is 0.875. The van der Waals surface area contributed by atoms with Gasteiger partial charge in [-0.1, -0.05) is 0 Å². The van der Waals surface area contributed by atoms with E-state index in [1.165, 1.54) is 0 Å². The highest BCUT2D eigenvalue weighted by Crippen LogP contribution is 2.10. The minimum absolute atomic E-state index is 0.0368. The number of hydrogen-bond donors (Lipinski definition) is 2. The zero-order valence-corrected chi connectivity index (χ0v) is 7.38. The van der Waals surface area contributed by atoms with E-state index in [1.807, 2.05) is 0 Å². The molecule has 0 saturated carbocycles. The number of hydrogen-bond acceptors (Lipinski definition) is 4. The quantitative estimate of drug-likeness (QED) is 0.550. The third-order valence-corrected chi connectivity index (χ3v) is 2.12. The molecule has 2 atom stereocenters. The Kier molecular flexibility index (Phi) is 3.49. The molecule has 1 saturated heterocycles. The van der Waals surface area contributed by atoms with Gasteiger partial charge in [-0.25, -0.2) is 0 Å². The van der Waals surface area contributed by atoms with Gasteiger partial charge in [0.15, 0.2) is 0 Å². The second-order valence-electron chi connectivity index (χ2n) is 3.02. The van der Waals surface area contributed by atoms with Gasteiger partial charge in [0.2, 0.25) is 0 Å². The second kappa shape index (κ2) is 4.42. The number of piperidine rings is 1. The Bertz CT molecular complexity index is 161. The smallest absolute Gasteiger partial charge is 0.311 e. The van der Waals surface area contributed by atoms with Crippen LogP contribution >= 0.6 is 0 Å². The lowest BCUT2D eigenvalue weighted by Gasteiger charge is -2.27. The summed E-state index contributed by atoms with van der Waals surface area (Å²) in [6.07, 6.45) is 0.851. The number of carbonyl (C=O) groups is 1. The summed E-state index contributed by atoms with van der Waals surface area (Å²) in [5.74, 6) is -0.323. The SMILES string of the molecule is CCOC(=O)C1CNCCC1N. The molecule has 70 valence electrons. The van der Waals surface area contributed by atoms with Crippen molar-refractivity contribution in [1.29, 1.82) is 0 Å². The van der Waals surface area contributed by atoms with Crippen molar-refractivity contribution in [1.82, 2.24) is 5.32 Å². The standard InChI is InChI=1S/C8H16N2O2/c1-2-12-8(11)6-5-10-4-3-7(6)9/h6-7,10H,2-5,9H2,1H3. The highest BCUT2D eigenvalue weighted by Gasteiger charge is 2.28. The normalized spacial score (nSPS) is 29.8. The van der Waals surface area contributed by atoms with Crippen molar-refractivity contribution < 1.29 is 9.53 Å². The highest BCUT2D eigenvalue weighted by atomic mass is 16.5. The number of esters is 1. The predicted octanol–water partition coefficient (Wildman–Crippen LogP) is -0.514. The summed E-state index contributed by atoms with van der Waals surface area (Å²) < 4.78 is 4.89. The first-order valence-corrected chi connectivity index (χ1v) is 4.38. The molecule has 2 unspecified atom stereocenters. The maximum atomic E-state index is 11.3. The van der Waals surface area contributed by atoms with E-state index in [9.17, 15) is 4.79 Å². The highest BCUT2D eigenvalue weighted by molar-refractivity contribution is 5.73. The fourth-order valence-electron chi connectivity index (χ4n) is 1.39. The molecular formula is C8H16N2O2. The summed E-state index contributed by atoms with van der Waals surface area (Å²) in [7, 11) is 0. The zero-order chi connectivity index (χ0) is 8.97. The molecule has 1 fully saturated rings. The van der Waals surface area contributed by atoms with Gasteiger partial charge in [-0.2, -0.15) is 0 Å². The van der Waals surface area contributed by atoms with Gasteiger partial charge in [0.1, 0.15) is 0 Å². The number of nitrogens with one attached hydrogen (secondary N) is 1. The number of nitrogens with two attached hydrogens (primary N) is 1. The monoisotopic (exact) mass is 172 g/mol. The van der Waals surface area contributed by atoms with Crippen molar-refractivity contribution in [3.63, 3.8) is 0 Å². The molecule has 0 aromatic rings. The summed E-state index contributed by atoms with van der Waals surface area (Å²) in [6.45, 7) is 3.79. The van der Waals surface area contributed by atoms with Crippen molar-refractivity contribution in [2.24, 2.45) is 11.7 Å². The van der Waals surface area contributed by atoms with Crippen LogP contribution in [0.4, 0.5) is 0 Å². The largest absolute Gasteiger partial charge is 0.466 e. The summed E-state index contributed by atoms with van der Waals surface area (Å²) in [6, 6.07) is -0.0368. The van der Waals surface area contributed by atoms with E-state index in [0.717, 1.165) is 13.0 Å². The number of rotatable bonds is 2. The minimum atomic E-state index is -0.169. The van der Waals surface area contributed by atoms with Crippen LogP contribution in [0.25, 0.3) is 0 Å². The van der Waals surface area contributed by atoms with Crippen LogP contribution in [0, 0.1) is 5.92 Å². The molecule has 1 aliphatic rings. The van der Waals surface area contributed by atoms with Crippen LogP contribution in [0.5, 0.6) is 0 Å². The third-order valence-electron chi connectivity index (χ3n) is 2.12. The van der Waals surface area contributed by atoms with Crippen molar-refractivity contribution in [3.05, 3.63) is 0 Å². The van der Waals surface area contributed by atoms with Gasteiger partial charge in [-0.15, -0.1) is 0 Å². The molecule has 0 amide bonds. The van der Waals surface area contributed by atoms with Crippen LogP contribution in [-0.4, -0.2) is 31.7 Å². The molecule has 0 radical (unpaired) electrons. The predicted molar refractivity (Wildman–Crippen MR) is 45.6 cm³/mol. The Hall–Kier alpha value is -0.610. The zero-order valence-electron chi connectivity index (χ0n) is 7.38. The van der Waals surface area contributed by atoms with Gasteiger partial charge < -0.3 is 15.8 Å². The molecule has 3 N–H and O–H groups in total. The first kappa shape index (κ1) is 9.48. The van der Waals surface area contributed by atoms with Gasteiger partial charge in [-0.05, 0) is 19.9 Å². The fourth-order valence-corrected chi connectivity index (χ4v) is 1.39. The Morgan fingerprint density at radius 2 is 2.50 bits per heavy atom. The lowest BCUT2D eigenvalue weighted by atomic mass is 9.94. The van der Waals surface area contributed by atoms with Gasteiger partial charge in [0, 0.05) is 12.6 Å². The molecular weight excluding hydrogens is 156 g/mol. The summed E-state index contributed by atoms with van der Waals surface area (Å²) in [4.78, 5) is 11.3. The van der Waals surface area contributed by atoms with Crippen LogP contribution < -0.4 is 11.1 Å². The van der Waals surface area contributed by atoms with Crippen molar-refractivity contribution in [2.45, 2.75) is 19.4 Å². The average Bonchev–Trinajstić information content (AvgIpc) is 2.05. The molecule has 12 heavy (non-hydrogen) atoms. The van der Waals surface area contributed by atoms with E-state index in [-0.39, 0.29) is 17.9 Å². The molecule has 1 rings (SSSR count). The Morgan fingerprint density at radius 3 is 3.08 bits per heavy atom. The van der Waals surface area contributed by atoms with E-state index < -0.39 is 0 Å². The maximum absolute atomic E-state index is 11.3. The molecule has 4 heteroatoms. The summed E-state index contributed by atoms with van der Waals surface area (Å²) in [5.41, 5.74) is 5.77. The van der Waals surface area contributed by atoms with E-state index in [4.69, 9.17) is 10.5 Å². The van der Waals surface area contributed by atoms with Crippen LogP contribution in [0.1, 0.15) is 13.3 Å². The number of carbonyl (C=O) groups excluding carboxylic acids is 1. The Balaban J connectivity index is 2.42. The molecule has 0 spiro atoms. The van der Waals surface area contributed by atoms with Crippen LogP contribution in [0.15, 0.2) is 0 Å². The topological polar surface area (TPSA) is 64.3 Å². The van der Waals surface area contributed by atoms with Gasteiger partial charge >= 0.3 is 5.97 Å². The first-order valence-electron chi connectivity index (χ1n) is 4.38. The molecule has 4 nitrogen and oxygen atoms in total. The molecule has 1 aliphatic heterocycles. The molecule has 0 aromatic carbocycles. The van der Waals surface area contributed by atoms with E-state index in [1.54, 1.807) is 6.92 Å².